The molecule has 140 valence electrons. The lowest BCUT2D eigenvalue weighted by Crippen LogP contribution is -2.15. The van der Waals surface area contributed by atoms with Crippen molar-refractivity contribution < 1.29 is 17.5 Å². The summed E-state index contributed by atoms with van der Waals surface area (Å²) in [4.78, 5) is 4.26. The van der Waals surface area contributed by atoms with Crippen LogP contribution in [0, 0.1) is 19.7 Å². The molecular weight excluding hydrogens is 367 g/mol. The van der Waals surface area contributed by atoms with E-state index < -0.39 is 15.8 Å². The Morgan fingerprint density at radius 1 is 1.04 bits per heavy atom. The minimum atomic E-state index is -3.81. The lowest BCUT2D eigenvalue weighted by atomic mass is 10.0. The second-order valence-corrected chi connectivity index (χ2v) is 7.72. The van der Waals surface area contributed by atoms with Crippen LogP contribution < -0.4 is 9.46 Å². The van der Waals surface area contributed by atoms with Gasteiger partial charge in [-0.05, 0) is 55.3 Å². The molecule has 0 bridgehead atoms. The van der Waals surface area contributed by atoms with E-state index in [9.17, 15) is 12.8 Å². The number of nitrogens with zero attached hydrogens (tertiary/aromatic N) is 1. The Morgan fingerprint density at radius 2 is 1.78 bits per heavy atom. The van der Waals surface area contributed by atoms with Gasteiger partial charge in [0.2, 0.25) is 0 Å². The van der Waals surface area contributed by atoms with Gasteiger partial charge in [0.05, 0.1) is 12.0 Å². The average Bonchev–Trinajstić information content (AvgIpc) is 2.61. The molecule has 0 saturated heterocycles. The molecule has 3 aromatic rings. The van der Waals surface area contributed by atoms with Crippen LogP contribution in [0.4, 0.5) is 10.2 Å². The number of hydrogen-bond acceptors (Lipinski definition) is 4. The normalized spacial score (nSPS) is 11.3. The van der Waals surface area contributed by atoms with E-state index in [0.29, 0.717) is 22.4 Å². The standard InChI is InChI=1S/C20H19FN2O3S/c1-13-12-15(16-7-5-8-17(26-3)20(16)21)10-11-18(13)27(24,25)23-19-9-4-6-14(2)22-19/h4-12H,1-3H3,(H,22,23). The Bertz CT molecular complexity index is 1100. The molecule has 0 aliphatic carbocycles. The number of nitrogens with one attached hydrogen (secondary N) is 1. The fourth-order valence-corrected chi connectivity index (χ4v) is 4.03. The molecule has 2 aromatic carbocycles. The molecule has 0 amide bonds. The maximum absolute atomic E-state index is 14.5. The summed E-state index contributed by atoms with van der Waals surface area (Å²) in [6.07, 6.45) is 0. The molecule has 0 radical (unpaired) electrons. The van der Waals surface area contributed by atoms with Crippen molar-refractivity contribution in [3.8, 4) is 16.9 Å². The maximum atomic E-state index is 14.5. The van der Waals surface area contributed by atoms with E-state index in [1.165, 1.54) is 19.2 Å². The van der Waals surface area contributed by atoms with E-state index in [1.54, 1.807) is 56.3 Å². The van der Waals surface area contributed by atoms with Gasteiger partial charge >= 0.3 is 0 Å². The highest BCUT2D eigenvalue weighted by atomic mass is 32.2. The highest BCUT2D eigenvalue weighted by molar-refractivity contribution is 7.92. The second-order valence-electron chi connectivity index (χ2n) is 6.07. The van der Waals surface area contributed by atoms with Gasteiger partial charge in [0.1, 0.15) is 5.82 Å². The first-order chi connectivity index (χ1) is 12.8. The molecule has 0 saturated carbocycles. The molecule has 3 rings (SSSR count). The van der Waals surface area contributed by atoms with E-state index >= 15 is 0 Å². The van der Waals surface area contributed by atoms with Crippen LogP contribution in [0.2, 0.25) is 0 Å². The first-order valence-corrected chi connectivity index (χ1v) is 9.70. The van der Waals surface area contributed by atoms with Crippen LogP contribution in [0.3, 0.4) is 0 Å². The van der Waals surface area contributed by atoms with Gasteiger partial charge in [0.25, 0.3) is 10.0 Å². The highest BCUT2D eigenvalue weighted by Crippen LogP contribution is 2.31. The van der Waals surface area contributed by atoms with E-state index in [-0.39, 0.29) is 16.5 Å². The van der Waals surface area contributed by atoms with Crippen LogP contribution in [-0.4, -0.2) is 20.5 Å². The molecular formula is C20H19FN2O3S. The minimum Gasteiger partial charge on any atom is -0.494 e. The van der Waals surface area contributed by atoms with Gasteiger partial charge in [-0.25, -0.2) is 17.8 Å². The Balaban J connectivity index is 1.97. The van der Waals surface area contributed by atoms with Crippen LogP contribution in [0.15, 0.2) is 59.5 Å². The van der Waals surface area contributed by atoms with Crippen molar-refractivity contribution >= 4 is 15.8 Å². The zero-order chi connectivity index (χ0) is 19.6. The molecule has 0 unspecified atom stereocenters. The van der Waals surface area contributed by atoms with Crippen LogP contribution in [0.1, 0.15) is 11.3 Å². The molecule has 1 heterocycles. The number of benzene rings is 2. The van der Waals surface area contributed by atoms with Crippen molar-refractivity contribution in [2.75, 3.05) is 11.8 Å². The largest absolute Gasteiger partial charge is 0.494 e. The molecule has 0 fully saturated rings. The quantitative estimate of drug-likeness (QED) is 0.709. The van der Waals surface area contributed by atoms with Gasteiger partial charge in [-0.3, -0.25) is 4.72 Å². The number of hydrogen-bond donors (Lipinski definition) is 1. The first-order valence-electron chi connectivity index (χ1n) is 8.22. The van der Waals surface area contributed by atoms with Crippen LogP contribution >= 0.6 is 0 Å². The molecule has 7 heteroatoms. The monoisotopic (exact) mass is 386 g/mol. The van der Waals surface area contributed by atoms with Crippen molar-refractivity contribution in [2.24, 2.45) is 0 Å². The molecule has 0 aliphatic rings. The topological polar surface area (TPSA) is 68.3 Å². The van der Waals surface area contributed by atoms with Crippen molar-refractivity contribution in [2.45, 2.75) is 18.7 Å². The number of ether oxygens (including phenoxy) is 1. The summed E-state index contributed by atoms with van der Waals surface area (Å²) < 4.78 is 47.4. The molecule has 0 spiro atoms. The van der Waals surface area contributed by atoms with Crippen molar-refractivity contribution in [1.82, 2.24) is 4.98 Å². The van der Waals surface area contributed by atoms with Crippen LogP contribution in [0.25, 0.3) is 11.1 Å². The summed E-state index contributed by atoms with van der Waals surface area (Å²) in [6.45, 7) is 3.44. The predicted molar refractivity (Wildman–Crippen MR) is 103 cm³/mol. The maximum Gasteiger partial charge on any atom is 0.263 e. The van der Waals surface area contributed by atoms with Crippen molar-refractivity contribution in [1.29, 1.82) is 0 Å². The van der Waals surface area contributed by atoms with Gasteiger partial charge in [-0.1, -0.05) is 24.3 Å². The fourth-order valence-electron chi connectivity index (χ4n) is 2.80. The number of aromatic nitrogens is 1. The Morgan fingerprint density at radius 3 is 2.44 bits per heavy atom. The lowest BCUT2D eigenvalue weighted by molar-refractivity contribution is 0.387. The van der Waals surface area contributed by atoms with Gasteiger partial charge in [0.15, 0.2) is 11.6 Å². The Hall–Kier alpha value is -2.93. The molecule has 5 nitrogen and oxygen atoms in total. The van der Waals surface area contributed by atoms with Crippen LogP contribution in [0.5, 0.6) is 5.75 Å². The van der Waals surface area contributed by atoms with Crippen molar-refractivity contribution in [3.63, 3.8) is 0 Å². The van der Waals surface area contributed by atoms with Crippen LogP contribution in [-0.2, 0) is 10.0 Å². The third-order valence-electron chi connectivity index (χ3n) is 4.09. The summed E-state index contributed by atoms with van der Waals surface area (Å²) in [5, 5.41) is 0. The average molecular weight is 386 g/mol. The van der Waals surface area contributed by atoms with Gasteiger partial charge in [-0.2, -0.15) is 0 Å². The SMILES string of the molecule is COc1cccc(-c2ccc(S(=O)(=O)Nc3cccc(C)n3)c(C)c2)c1F. The molecule has 1 aromatic heterocycles. The Kier molecular flexibility index (Phi) is 5.14. The molecule has 0 atom stereocenters. The first kappa shape index (κ1) is 18.8. The summed E-state index contributed by atoms with van der Waals surface area (Å²) in [5.74, 6) is -0.108. The number of halogens is 1. The summed E-state index contributed by atoms with van der Waals surface area (Å²) in [7, 11) is -2.42. The number of rotatable bonds is 5. The third-order valence-corrected chi connectivity index (χ3v) is 5.60. The predicted octanol–water partition coefficient (Wildman–Crippen LogP) is 4.31. The highest BCUT2D eigenvalue weighted by Gasteiger charge is 2.19. The summed E-state index contributed by atoms with van der Waals surface area (Å²) in [6, 6.07) is 14.6. The third kappa shape index (κ3) is 3.93. The van der Waals surface area contributed by atoms with Gasteiger partial charge in [0, 0.05) is 11.3 Å². The van der Waals surface area contributed by atoms with E-state index in [1.807, 2.05) is 0 Å². The van der Waals surface area contributed by atoms with Gasteiger partial charge in [-0.15, -0.1) is 0 Å². The lowest BCUT2D eigenvalue weighted by Gasteiger charge is -2.13. The molecule has 1 N–H and O–H groups in total. The van der Waals surface area contributed by atoms with E-state index in [0.717, 1.165) is 0 Å². The van der Waals surface area contributed by atoms with E-state index in [2.05, 4.69) is 9.71 Å². The number of methoxy groups -OCH3 is 1. The fraction of sp³-hybridized carbons (Fsp3) is 0.150. The number of pyridine rings is 1. The van der Waals surface area contributed by atoms with Crippen molar-refractivity contribution in [3.05, 3.63) is 71.7 Å². The minimum absolute atomic E-state index is 0.109. The zero-order valence-corrected chi connectivity index (χ0v) is 16.0. The number of sulfonamides is 1. The molecule has 0 aliphatic heterocycles. The smallest absolute Gasteiger partial charge is 0.263 e. The number of anilines is 1. The Labute approximate surface area is 157 Å². The number of aryl methyl sites for hydroxylation is 2. The summed E-state index contributed by atoms with van der Waals surface area (Å²) >= 11 is 0. The zero-order valence-electron chi connectivity index (χ0n) is 15.2. The molecule has 27 heavy (non-hydrogen) atoms. The van der Waals surface area contributed by atoms with E-state index in [4.69, 9.17) is 4.74 Å². The van der Waals surface area contributed by atoms with Gasteiger partial charge < -0.3 is 4.74 Å². The second kappa shape index (κ2) is 7.36. The summed E-state index contributed by atoms with van der Waals surface area (Å²) in [5.41, 5.74) is 2.11.